The first-order valence-electron chi connectivity index (χ1n) is 4.70. The minimum absolute atomic E-state index is 0.227. The average Bonchev–Trinajstić information content (AvgIpc) is 2.30. The van der Waals surface area contributed by atoms with Gasteiger partial charge in [-0.2, -0.15) is 0 Å². The van der Waals surface area contributed by atoms with Crippen LogP contribution in [0.4, 0.5) is 0 Å². The fourth-order valence-electron chi connectivity index (χ4n) is 1.48. The lowest BCUT2D eigenvalue weighted by molar-refractivity contribution is -0.157. The number of ether oxygens (including phenoxy) is 1. The van der Waals surface area contributed by atoms with E-state index < -0.39 is 5.60 Å². The van der Waals surface area contributed by atoms with Crippen molar-refractivity contribution in [3.05, 3.63) is 0 Å². The van der Waals surface area contributed by atoms with Crippen molar-refractivity contribution >= 4 is 11.7 Å². The molecule has 1 unspecified atom stereocenters. The lowest BCUT2D eigenvalue weighted by atomic mass is 10.1. The molecule has 1 aliphatic rings. The maximum absolute atomic E-state index is 11.5. The van der Waals surface area contributed by atoms with Crippen LogP contribution in [0.1, 0.15) is 40.0 Å². The number of nitrogens with one attached hydrogen (secondary N) is 1. The second-order valence-electron chi connectivity index (χ2n) is 4.50. The van der Waals surface area contributed by atoms with Crippen molar-refractivity contribution < 1.29 is 9.53 Å². The van der Waals surface area contributed by atoms with Gasteiger partial charge in [0.1, 0.15) is 5.60 Å². The summed E-state index contributed by atoms with van der Waals surface area (Å²) in [5.74, 6) is -0.491. The molecule has 1 aliphatic carbocycles. The molecule has 0 aromatic rings. The Morgan fingerprint density at radius 1 is 1.54 bits per heavy atom. The van der Waals surface area contributed by atoms with Crippen molar-refractivity contribution in [1.82, 2.24) is 0 Å². The predicted molar refractivity (Wildman–Crippen MR) is 50.9 cm³/mol. The zero-order chi connectivity index (χ0) is 10.1. The molecule has 0 aromatic carbocycles. The molecule has 1 rings (SSSR count). The van der Waals surface area contributed by atoms with E-state index in [2.05, 4.69) is 0 Å². The van der Waals surface area contributed by atoms with Crippen LogP contribution >= 0.6 is 0 Å². The standard InChI is InChI=1S/C10H17NO2/c1-10(2,3)13-9(12)7-5-4-6-8(7)11/h7,11H,4-6H2,1-3H3. The van der Waals surface area contributed by atoms with E-state index in [-0.39, 0.29) is 11.9 Å². The van der Waals surface area contributed by atoms with E-state index >= 15 is 0 Å². The Morgan fingerprint density at radius 3 is 2.54 bits per heavy atom. The molecular formula is C10H17NO2. The highest BCUT2D eigenvalue weighted by Crippen LogP contribution is 2.24. The van der Waals surface area contributed by atoms with E-state index in [1.165, 1.54) is 0 Å². The number of carbonyl (C=O) groups excluding carboxylic acids is 1. The molecule has 0 aromatic heterocycles. The van der Waals surface area contributed by atoms with Crippen molar-refractivity contribution in [1.29, 1.82) is 5.41 Å². The summed E-state index contributed by atoms with van der Waals surface area (Å²) in [4.78, 5) is 11.5. The highest BCUT2D eigenvalue weighted by molar-refractivity contribution is 6.01. The van der Waals surface area contributed by atoms with Gasteiger partial charge in [0.05, 0.1) is 5.92 Å². The molecule has 0 aliphatic heterocycles. The van der Waals surface area contributed by atoms with Crippen LogP contribution < -0.4 is 0 Å². The first-order chi connectivity index (χ1) is 5.90. The van der Waals surface area contributed by atoms with Gasteiger partial charge in [0.2, 0.25) is 0 Å². The zero-order valence-corrected chi connectivity index (χ0v) is 8.52. The fourth-order valence-corrected chi connectivity index (χ4v) is 1.48. The molecule has 74 valence electrons. The number of hydrogen-bond donors (Lipinski definition) is 1. The largest absolute Gasteiger partial charge is 0.459 e. The van der Waals surface area contributed by atoms with Gasteiger partial charge in [0.15, 0.2) is 0 Å². The van der Waals surface area contributed by atoms with Crippen LogP contribution in [0.2, 0.25) is 0 Å². The van der Waals surface area contributed by atoms with Crippen LogP contribution in [0, 0.1) is 11.3 Å². The summed E-state index contributed by atoms with van der Waals surface area (Å²) >= 11 is 0. The van der Waals surface area contributed by atoms with Gasteiger partial charge >= 0.3 is 5.97 Å². The normalized spacial score (nSPS) is 23.3. The second-order valence-corrected chi connectivity index (χ2v) is 4.50. The van der Waals surface area contributed by atoms with E-state index in [9.17, 15) is 4.79 Å². The van der Waals surface area contributed by atoms with Crippen LogP contribution in [-0.4, -0.2) is 17.3 Å². The highest BCUT2D eigenvalue weighted by Gasteiger charge is 2.31. The van der Waals surface area contributed by atoms with Gasteiger partial charge in [-0.1, -0.05) is 0 Å². The Labute approximate surface area is 79.0 Å². The number of hydrogen-bond acceptors (Lipinski definition) is 3. The molecule has 1 N–H and O–H groups in total. The Bertz CT molecular complexity index is 228. The van der Waals surface area contributed by atoms with Crippen molar-refractivity contribution in [2.24, 2.45) is 5.92 Å². The van der Waals surface area contributed by atoms with E-state index in [4.69, 9.17) is 10.1 Å². The first kappa shape index (κ1) is 10.2. The first-order valence-corrected chi connectivity index (χ1v) is 4.70. The molecule has 0 spiro atoms. The molecular weight excluding hydrogens is 166 g/mol. The number of carbonyl (C=O) groups is 1. The Kier molecular flexibility index (Phi) is 2.74. The molecule has 0 radical (unpaired) electrons. The van der Waals surface area contributed by atoms with Crippen LogP contribution in [0.15, 0.2) is 0 Å². The third kappa shape index (κ3) is 2.83. The van der Waals surface area contributed by atoms with E-state index in [0.717, 1.165) is 19.3 Å². The van der Waals surface area contributed by atoms with Gasteiger partial charge in [-0.3, -0.25) is 4.79 Å². The van der Waals surface area contributed by atoms with Crippen LogP contribution in [0.5, 0.6) is 0 Å². The molecule has 1 atom stereocenters. The van der Waals surface area contributed by atoms with E-state index in [1.54, 1.807) is 0 Å². The summed E-state index contributed by atoms with van der Waals surface area (Å²) in [7, 11) is 0. The van der Waals surface area contributed by atoms with Crippen LogP contribution in [0.3, 0.4) is 0 Å². The molecule has 0 heterocycles. The molecule has 0 amide bonds. The van der Waals surface area contributed by atoms with Crippen molar-refractivity contribution in [2.45, 2.75) is 45.6 Å². The predicted octanol–water partition coefficient (Wildman–Crippen LogP) is 2.15. The fraction of sp³-hybridized carbons (Fsp3) is 0.800. The summed E-state index contributed by atoms with van der Waals surface area (Å²) in [6.45, 7) is 5.55. The zero-order valence-electron chi connectivity index (χ0n) is 8.52. The van der Waals surface area contributed by atoms with E-state index in [1.807, 2.05) is 20.8 Å². The highest BCUT2D eigenvalue weighted by atomic mass is 16.6. The number of esters is 1. The third-order valence-electron chi connectivity index (χ3n) is 2.05. The quantitative estimate of drug-likeness (QED) is 0.633. The Morgan fingerprint density at radius 2 is 2.15 bits per heavy atom. The Hall–Kier alpha value is -0.860. The molecule has 3 heteroatoms. The molecule has 0 saturated heterocycles. The summed E-state index contributed by atoms with van der Waals surface area (Å²) in [5, 5.41) is 7.54. The van der Waals surface area contributed by atoms with Gasteiger partial charge in [0.25, 0.3) is 0 Å². The van der Waals surface area contributed by atoms with Crippen LogP contribution in [-0.2, 0) is 9.53 Å². The maximum atomic E-state index is 11.5. The lowest BCUT2D eigenvalue weighted by Gasteiger charge is -2.21. The summed E-state index contributed by atoms with van der Waals surface area (Å²) < 4.78 is 5.21. The molecule has 0 bridgehead atoms. The topological polar surface area (TPSA) is 50.2 Å². The van der Waals surface area contributed by atoms with Crippen molar-refractivity contribution in [3.63, 3.8) is 0 Å². The summed E-state index contributed by atoms with van der Waals surface area (Å²) in [6, 6.07) is 0. The minimum Gasteiger partial charge on any atom is -0.459 e. The average molecular weight is 183 g/mol. The van der Waals surface area contributed by atoms with Crippen LogP contribution in [0.25, 0.3) is 0 Å². The van der Waals surface area contributed by atoms with Crippen molar-refractivity contribution in [2.75, 3.05) is 0 Å². The van der Waals surface area contributed by atoms with Crippen molar-refractivity contribution in [3.8, 4) is 0 Å². The lowest BCUT2D eigenvalue weighted by Crippen LogP contribution is -2.30. The van der Waals surface area contributed by atoms with Gasteiger partial charge in [-0.25, -0.2) is 0 Å². The molecule has 1 fully saturated rings. The molecule has 3 nitrogen and oxygen atoms in total. The maximum Gasteiger partial charge on any atom is 0.315 e. The summed E-state index contributed by atoms with van der Waals surface area (Å²) in [5.41, 5.74) is 0.106. The second kappa shape index (κ2) is 3.48. The van der Waals surface area contributed by atoms with E-state index in [0.29, 0.717) is 5.71 Å². The number of rotatable bonds is 1. The SMILES string of the molecule is CC(C)(C)OC(=O)C1CCCC1=N. The van der Waals surface area contributed by atoms with Gasteiger partial charge in [-0.05, 0) is 40.0 Å². The monoisotopic (exact) mass is 183 g/mol. The smallest absolute Gasteiger partial charge is 0.315 e. The molecule has 1 saturated carbocycles. The molecule has 13 heavy (non-hydrogen) atoms. The Balaban J connectivity index is 2.53. The summed E-state index contributed by atoms with van der Waals surface area (Å²) in [6.07, 6.45) is 2.49. The third-order valence-corrected chi connectivity index (χ3v) is 2.05. The van der Waals surface area contributed by atoms with Gasteiger partial charge in [-0.15, -0.1) is 0 Å². The van der Waals surface area contributed by atoms with Gasteiger partial charge in [0, 0.05) is 5.71 Å². The van der Waals surface area contributed by atoms with Gasteiger partial charge < -0.3 is 10.1 Å². The minimum atomic E-state index is -0.431.